The van der Waals surface area contributed by atoms with Crippen LogP contribution in [0.1, 0.15) is 29.0 Å². The first-order valence-electron chi connectivity index (χ1n) is 9.94. The molecule has 0 heterocycles. The number of aliphatic carboxylic acids is 1. The largest absolute Gasteiger partial charge is 0.481 e. The van der Waals surface area contributed by atoms with Gasteiger partial charge in [-0.2, -0.15) is 0 Å². The maximum atomic E-state index is 12.5. The second-order valence-electron chi connectivity index (χ2n) is 7.60. The van der Waals surface area contributed by atoms with Gasteiger partial charge in [0.2, 0.25) is 0 Å². The van der Waals surface area contributed by atoms with Gasteiger partial charge in [-0.1, -0.05) is 77.8 Å². The van der Waals surface area contributed by atoms with Crippen molar-refractivity contribution in [3.8, 4) is 11.1 Å². The number of ether oxygens (including phenoxy) is 1. The lowest BCUT2D eigenvalue weighted by molar-refractivity contribution is -0.151. The van der Waals surface area contributed by atoms with Gasteiger partial charge in [0.1, 0.15) is 6.61 Å². The summed E-state index contributed by atoms with van der Waals surface area (Å²) in [5.74, 6) is -2.56. The Labute approximate surface area is 190 Å². The number of carbonyl (C=O) groups excluding carboxylic acids is 1. The molecule has 4 rings (SSSR count). The molecule has 0 spiro atoms. The van der Waals surface area contributed by atoms with Crippen LogP contribution in [0.25, 0.3) is 11.1 Å². The highest BCUT2D eigenvalue weighted by atomic mass is 35.5. The van der Waals surface area contributed by atoms with Crippen molar-refractivity contribution in [3.63, 3.8) is 0 Å². The number of carbonyl (C=O) groups is 2. The summed E-state index contributed by atoms with van der Waals surface area (Å²) in [6.45, 7) is 0.173. The molecule has 1 atom stereocenters. The SMILES string of the molecule is O=C(C[C@@H](Cc1ccc(Cl)c(Cl)c1)C(=O)O)OCC1c2ccccc2-c2ccccc21. The zero-order valence-electron chi connectivity index (χ0n) is 16.6. The third kappa shape index (κ3) is 4.60. The van der Waals surface area contributed by atoms with E-state index in [1.54, 1.807) is 18.2 Å². The minimum Gasteiger partial charge on any atom is -0.481 e. The molecule has 0 saturated heterocycles. The molecule has 4 nitrogen and oxygen atoms in total. The summed E-state index contributed by atoms with van der Waals surface area (Å²) in [6, 6.07) is 21.1. The minimum atomic E-state index is -1.06. The fourth-order valence-electron chi connectivity index (χ4n) is 4.07. The van der Waals surface area contributed by atoms with Gasteiger partial charge in [-0.25, -0.2) is 0 Å². The molecule has 0 aromatic heterocycles. The zero-order valence-corrected chi connectivity index (χ0v) is 18.1. The molecule has 3 aromatic rings. The van der Waals surface area contributed by atoms with Crippen molar-refractivity contribution in [2.45, 2.75) is 18.8 Å². The highest BCUT2D eigenvalue weighted by Crippen LogP contribution is 2.44. The molecule has 31 heavy (non-hydrogen) atoms. The number of halogens is 2. The average molecular weight is 455 g/mol. The number of rotatable bonds is 7. The molecule has 0 radical (unpaired) electrons. The molecule has 0 unspecified atom stereocenters. The molecular weight excluding hydrogens is 435 g/mol. The van der Waals surface area contributed by atoms with Gasteiger partial charge < -0.3 is 9.84 Å². The van der Waals surface area contributed by atoms with Gasteiger partial charge in [0.05, 0.1) is 22.4 Å². The number of hydrogen-bond acceptors (Lipinski definition) is 3. The molecule has 1 N–H and O–H groups in total. The van der Waals surface area contributed by atoms with Crippen molar-refractivity contribution in [2.75, 3.05) is 6.61 Å². The third-order valence-electron chi connectivity index (χ3n) is 5.60. The molecule has 0 saturated carbocycles. The Hall–Kier alpha value is -2.82. The fourth-order valence-corrected chi connectivity index (χ4v) is 4.39. The van der Waals surface area contributed by atoms with E-state index in [9.17, 15) is 14.7 Å². The molecule has 1 aliphatic rings. The van der Waals surface area contributed by atoms with E-state index >= 15 is 0 Å². The number of benzene rings is 3. The highest BCUT2D eigenvalue weighted by molar-refractivity contribution is 6.42. The van der Waals surface area contributed by atoms with Crippen molar-refractivity contribution in [1.82, 2.24) is 0 Å². The van der Waals surface area contributed by atoms with Crippen LogP contribution in [0.5, 0.6) is 0 Å². The van der Waals surface area contributed by atoms with Crippen LogP contribution in [0.2, 0.25) is 10.0 Å². The first-order valence-corrected chi connectivity index (χ1v) is 10.7. The second kappa shape index (κ2) is 9.13. The summed E-state index contributed by atoms with van der Waals surface area (Å²) < 4.78 is 5.55. The fraction of sp³-hybridized carbons (Fsp3) is 0.200. The summed E-state index contributed by atoms with van der Waals surface area (Å²) in [6.07, 6.45) is -0.0536. The Balaban J connectivity index is 1.43. The summed E-state index contributed by atoms with van der Waals surface area (Å²) in [4.78, 5) is 24.2. The Morgan fingerprint density at radius 2 is 1.52 bits per heavy atom. The number of carboxylic acid groups (broad SMARTS) is 1. The number of hydrogen-bond donors (Lipinski definition) is 1. The van der Waals surface area contributed by atoms with Crippen LogP contribution in [0.3, 0.4) is 0 Å². The van der Waals surface area contributed by atoms with Crippen LogP contribution in [0, 0.1) is 5.92 Å². The lowest BCUT2D eigenvalue weighted by Crippen LogP contribution is -2.22. The minimum absolute atomic E-state index is 0.0605. The molecule has 6 heteroatoms. The second-order valence-corrected chi connectivity index (χ2v) is 8.42. The van der Waals surface area contributed by atoms with Gasteiger partial charge in [-0.3, -0.25) is 9.59 Å². The lowest BCUT2D eigenvalue weighted by Gasteiger charge is -2.16. The van der Waals surface area contributed by atoms with Crippen molar-refractivity contribution in [3.05, 3.63) is 93.5 Å². The van der Waals surface area contributed by atoms with E-state index in [1.807, 2.05) is 36.4 Å². The zero-order chi connectivity index (χ0) is 22.0. The smallest absolute Gasteiger partial charge is 0.307 e. The van der Waals surface area contributed by atoms with Gasteiger partial charge in [-0.05, 0) is 46.4 Å². The summed E-state index contributed by atoms with van der Waals surface area (Å²) in [5.41, 5.74) is 5.21. The van der Waals surface area contributed by atoms with Gasteiger partial charge >= 0.3 is 11.9 Å². The topological polar surface area (TPSA) is 63.6 Å². The Morgan fingerprint density at radius 3 is 2.10 bits per heavy atom. The average Bonchev–Trinajstić information content (AvgIpc) is 3.08. The first kappa shape index (κ1) is 21.4. The molecule has 3 aromatic carbocycles. The van der Waals surface area contributed by atoms with Crippen molar-refractivity contribution in [1.29, 1.82) is 0 Å². The van der Waals surface area contributed by atoms with Crippen LogP contribution < -0.4 is 0 Å². The van der Waals surface area contributed by atoms with Crippen molar-refractivity contribution in [2.24, 2.45) is 5.92 Å². The Bertz CT molecular complexity index is 1100. The van der Waals surface area contributed by atoms with E-state index in [0.29, 0.717) is 15.6 Å². The molecule has 0 aliphatic heterocycles. The van der Waals surface area contributed by atoms with Crippen LogP contribution in [-0.4, -0.2) is 23.7 Å². The predicted molar refractivity (Wildman–Crippen MR) is 121 cm³/mol. The van der Waals surface area contributed by atoms with Crippen LogP contribution in [-0.2, 0) is 20.7 Å². The van der Waals surface area contributed by atoms with Gasteiger partial charge in [0, 0.05) is 5.92 Å². The maximum absolute atomic E-state index is 12.5. The van der Waals surface area contributed by atoms with Gasteiger partial charge in [0.15, 0.2) is 0 Å². The molecular formula is C25H20Cl2O4. The van der Waals surface area contributed by atoms with Crippen LogP contribution in [0.15, 0.2) is 66.7 Å². The normalized spacial score (nSPS) is 13.4. The maximum Gasteiger partial charge on any atom is 0.307 e. The molecule has 158 valence electrons. The number of esters is 1. The molecule has 0 amide bonds. The predicted octanol–water partition coefficient (Wildman–Crippen LogP) is 5.98. The van der Waals surface area contributed by atoms with E-state index in [0.717, 1.165) is 22.3 Å². The Morgan fingerprint density at radius 1 is 0.903 bits per heavy atom. The quantitative estimate of drug-likeness (QED) is 0.445. The van der Waals surface area contributed by atoms with Crippen LogP contribution >= 0.6 is 23.2 Å². The van der Waals surface area contributed by atoms with E-state index in [2.05, 4.69) is 12.1 Å². The molecule has 0 bridgehead atoms. The van der Waals surface area contributed by atoms with Crippen molar-refractivity contribution >= 4 is 35.1 Å². The van der Waals surface area contributed by atoms with E-state index < -0.39 is 17.9 Å². The highest BCUT2D eigenvalue weighted by Gasteiger charge is 2.30. The summed E-state index contributed by atoms with van der Waals surface area (Å²) in [5, 5.41) is 10.3. The molecule has 1 aliphatic carbocycles. The third-order valence-corrected chi connectivity index (χ3v) is 6.34. The van der Waals surface area contributed by atoms with Crippen molar-refractivity contribution < 1.29 is 19.4 Å². The standard InChI is InChI=1S/C25H20Cl2O4/c26-22-10-9-15(12-23(22)27)11-16(25(29)30)13-24(28)31-14-21-19-7-3-1-5-17(19)18-6-2-4-8-20(18)21/h1-10,12,16,21H,11,13-14H2,(H,29,30)/t16-/m1/s1. The van der Waals surface area contributed by atoms with Crippen LogP contribution in [0.4, 0.5) is 0 Å². The summed E-state index contributed by atoms with van der Waals surface area (Å²) in [7, 11) is 0. The number of carboxylic acids is 1. The molecule has 0 fully saturated rings. The van der Waals surface area contributed by atoms with E-state index in [-0.39, 0.29) is 25.4 Å². The van der Waals surface area contributed by atoms with Gasteiger partial charge in [-0.15, -0.1) is 0 Å². The number of fused-ring (bicyclic) bond motifs is 3. The Kier molecular flexibility index (Phi) is 6.30. The van der Waals surface area contributed by atoms with E-state index in [4.69, 9.17) is 27.9 Å². The first-order chi connectivity index (χ1) is 14.9. The monoisotopic (exact) mass is 454 g/mol. The van der Waals surface area contributed by atoms with E-state index in [1.165, 1.54) is 0 Å². The lowest BCUT2D eigenvalue weighted by atomic mass is 9.96. The van der Waals surface area contributed by atoms with Gasteiger partial charge in [0.25, 0.3) is 0 Å². The summed E-state index contributed by atoms with van der Waals surface area (Å²) >= 11 is 11.9.